The van der Waals surface area contributed by atoms with Gasteiger partial charge in [0.15, 0.2) is 0 Å². The van der Waals surface area contributed by atoms with Crippen LogP contribution in [0.3, 0.4) is 0 Å². The molecule has 2 rings (SSSR count). The number of likely N-dealkylation sites (N-methyl/N-ethyl adjacent to an activating group) is 1. The van der Waals surface area contributed by atoms with E-state index < -0.39 is 5.97 Å². The molecule has 0 spiro atoms. The third-order valence-electron chi connectivity index (χ3n) is 3.97. The van der Waals surface area contributed by atoms with E-state index in [1.807, 2.05) is 11.9 Å². The van der Waals surface area contributed by atoms with Crippen molar-refractivity contribution in [3.8, 4) is 0 Å². The second-order valence-corrected chi connectivity index (χ2v) is 5.96. The number of carboxylic acids is 1. The molecule has 0 unspecified atom stereocenters. The van der Waals surface area contributed by atoms with Crippen LogP contribution in [0.2, 0.25) is 5.02 Å². The maximum atomic E-state index is 13.0. The molecule has 0 bridgehead atoms. The molecule has 1 saturated heterocycles. The number of halogens is 2. The van der Waals surface area contributed by atoms with E-state index in [2.05, 4.69) is 4.90 Å². The molecule has 0 radical (unpaired) electrons. The van der Waals surface area contributed by atoms with Gasteiger partial charge in [-0.3, -0.25) is 14.6 Å². The summed E-state index contributed by atoms with van der Waals surface area (Å²) in [6, 6.07) is 4.79. The monoisotopic (exact) mass is 314 g/mol. The second-order valence-electron chi connectivity index (χ2n) is 5.55. The molecule has 0 saturated carbocycles. The van der Waals surface area contributed by atoms with E-state index in [4.69, 9.17) is 16.7 Å². The molecular formula is C15H20ClFN2O2. The molecule has 21 heavy (non-hydrogen) atoms. The van der Waals surface area contributed by atoms with E-state index in [0.29, 0.717) is 17.6 Å². The number of aliphatic carboxylic acids is 1. The van der Waals surface area contributed by atoms with Crippen LogP contribution in [0.5, 0.6) is 0 Å². The standard InChI is InChI=1S/C15H20ClFN2O2/c1-18(10-15(20)21)13-4-6-19(7-5-13)9-11-2-3-12(17)8-14(11)16/h2-3,8,13H,4-7,9-10H2,1H3,(H,20,21). The van der Waals surface area contributed by atoms with Crippen molar-refractivity contribution in [2.45, 2.75) is 25.4 Å². The first kappa shape index (κ1) is 16.2. The van der Waals surface area contributed by atoms with E-state index in [1.54, 1.807) is 6.07 Å². The Morgan fingerprint density at radius 3 is 2.71 bits per heavy atom. The smallest absolute Gasteiger partial charge is 0.317 e. The number of benzene rings is 1. The Morgan fingerprint density at radius 2 is 2.14 bits per heavy atom. The van der Waals surface area contributed by atoms with E-state index in [0.717, 1.165) is 31.5 Å². The zero-order chi connectivity index (χ0) is 15.4. The fourth-order valence-electron chi connectivity index (χ4n) is 2.75. The molecule has 1 aliphatic rings. The van der Waals surface area contributed by atoms with Crippen molar-refractivity contribution in [2.24, 2.45) is 0 Å². The highest BCUT2D eigenvalue weighted by atomic mass is 35.5. The van der Waals surface area contributed by atoms with Crippen molar-refractivity contribution in [3.63, 3.8) is 0 Å². The lowest BCUT2D eigenvalue weighted by Gasteiger charge is -2.36. The predicted molar refractivity (Wildman–Crippen MR) is 80.0 cm³/mol. The fraction of sp³-hybridized carbons (Fsp3) is 0.533. The summed E-state index contributed by atoms with van der Waals surface area (Å²) in [5, 5.41) is 9.28. The quantitative estimate of drug-likeness (QED) is 0.906. The lowest BCUT2D eigenvalue weighted by molar-refractivity contribution is -0.138. The third-order valence-corrected chi connectivity index (χ3v) is 4.33. The van der Waals surface area contributed by atoms with Crippen LogP contribution < -0.4 is 0 Å². The van der Waals surface area contributed by atoms with Gasteiger partial charge in [0, 0.05) is 17.6 Å². The predicted octanol–water partition coefficient (Wildman–Crippen LogP) is 2.46. The van der Waals surface area contributed by atoms with Crippen molar-refractivity contribution >= 4 is 17.6 Å². The zero-order valence-electron chi connectivity index (χ0n) is 12.1. The SMILES string of the molecule is CN(CC(=O)O)C1CCN(Cc2ccc(F)cc2Cl)CC1. The van der Waals surface area contributed by atoms with Gasteiger partial charge >= 0.3 is 5.97 Å². The van der Waals surface area contributed by atoms with Crippen LogP contribution in [-0.2, 0) is 11.3 Å². The van der Waals surface area contributed by atoms with Crippen molar-refractivity contribution in [1.82, 2.24) is 9.80 Å². The molecule has 1 heterocycles. The second kappa shape index (κ2) is 7.20. The average molecular weight is 315 g/mol. The van der Waals surface area contributed by atoms with Gasteiger partial charge in [-0.25, -0.2) is 4.39 Å². The first-order valence-corrected chi connectivity index (χ1v) is 7.42. The molecule has 0 aromatic heterocycles. The first-order valence-electron chi connectivity index (χ1n) is 7.04. The molecule has 1 N–H and O–H groups in total. The average Bonchev–Trinajstić information content (AvgIpc) is 2.42. The van der Waals surface area contributed by atoms with E-state index in [-0.39, 0.29) is 12.4 Å². The van der Waals surface area contributed by atoms with Crippen LogP contribution in [0.4, 0.5) is 4.39 Å². The number of nitrogens with zero attached hydrogens (tertiary/aromatic N) is 2. The summed E-state index contributed by atoms with van der Waals surface area (Å²) in [5.74, 6) is -1.12. The fourth-order valence-corrected chi connectivity index (χ4v) is 2.98. The van der Waals surface area contributed by atoms with Crippen LogP contribution in [0.1, 0.15) is 18.4 Å². The number of hydrogen-bond donors (Lipinski definition) is 1. The Morgan fingerprint density at radius 1 is 1.48 bits per heavy atom. The van der Waals surface area contributed by atoms with Gasteiger partial charge in [-0.05, 0) is 50.7 Å². The van der Waals surface area contributed by atoms with Gasteiger partial charge in [0.1, 0.15) is 5.82 Å². The number of likely N-dealkylation sites (tertiary alicyclic amines) is 1. The number of piperidine rings is 1. The number of hydrogen-bond acceptors (Lipinski definition) is 3. The van der Waals surface area contributed by atoms with Gasteiger partial charge in [-0.2, -0.15) is 0 Å². The molecule has 1 aliphatic heterocycles. The topological polar surface area (TPSA) is 43.8 Å². The normalized spacial score (nSPS) is 17.3. The number of carbonyl (C=O) groups is 1. The highest BCUT2D eigenvalue weighted by molar-refractivity contribution is 6.31. The maximum absolute atomic E-state index is 13.0. The Hall–Kier alpha value is -1.17. The van der Waals surface area contributed by atoms with Gasteiger partial charge in [0.2, 0.25) is 0 Å². The minimum atomic E-state index is -0.793. The van der Waals surface area contributed by atoms with Gasteiger partial charge in [-0.1, -0.05) is 17.7 Å². The molecule has 0 aliphatic carbocycles. The lowest BCUT2D eigenvalue weighted by atomic mass is 10.0. The summed E-state index contributed by atoms with van der Waals surface area (Å²) < 4.78 is 13.0. The molecular weight excluding hydrogens is 295 g/mol. The summed E-state index contributed by atoms with van der Waals surface area (Å²) >= 11 is 6.04. The summed E-state index contributed by atoms with van der Waals surface area (Å²) in [7, 11) is 1.85. The Labute approximate surface area is 129 Å². The van der Waals surface area contributed by atoms with Gasteiger partial charge in [0.05, 0.1) is 6.54 Å². The molecule has 1 fully saturated rings. The maximum Gasteiger partial charge on any atom is 0.317 e. The Kier molecular flexibility index (Phi) is 5.56. The van der Waals surface area contributed by atoms with Gasteiger partial charge < -0.3 is 5.11 Å². The molecule has 6 heteroatoms. The summed E-state index contributed by atoms with van der Waals surface area (Å²) in [6.45, 7) is 2.56. The van der Waals surface area contributed by atoms with Crippen molar-refractivity contribution in [1.29, 1.82) is 0 Å². The largest absolute Gasteiger partial charge is 0.480 e. The lowest BCUT2D eigenvalue weighted by Crippen LogP contribution is -2.44. The van der Waals surface area contributed by atoms with Gasteiger partial charge in [0.25, 0.3) is 0 Å². The molecule has 1 aromatic rings. The molecule has 0 amide bonds. The van der Waals surface area contributed by atoms with Crippen LogP contribution in [0, 0.1) is 5.82 Å². The number of rotatable bonds is 5. The Balaban J connectivity index is 1.85. The first-order chi connectivity index (χ1) is 9.95. The Bertz CT molecular complexity index is 504. The summed E-state index contributed by atoms with van der Waals surface area (Å²) in [6.07, 6.45) is 1.87. The zero-order valence-corrected chi connectivity index (χ0v) is 12.8. The van der Waals surface area contributed by atoms with Crippen LogP contribution in [-0.4, -0.2) is 53.6 Å². The van der Waals surface area contributed by atoms with Crippen LogP contribution in [0.15, 0.2) is 18.2 Å². The molecule has 4 nitrogen and oxygen atoms in total. The van der Waals surface area contributed by atoms with Gasteiger partial charge in [-0.15, -0.1) is 0 Å². The van der Waals surface area contributed by atoms with Crippen molar-refractivity contribution < 1.29 is 14.3 Å². The van der Waals surface area contributed by atoms with E-state index >= 15 is 0 Å². The van der Waals surface area contributed by atoms with Crippen molar-refractivity contribution in [2.75, 3.05) is 26.7 Å². The van der Waals surface area contributed by atoms with Crippen molar-refractivity contribution in [3.05, 3.63) is 34.6 Å². The molecule has 1 aromatic carbocycles. The van der Waals surface area contributed by atoms with E-state index in [1.165, 1.54) is 12.1 Å². The minimum Gasteiger partial charge on any atom is -0.480 e. The highest BCUT2D eigenvalue weighted by Gasteiger charge is 2.23. The van der Waals surface area contributed by atoms with Crippen LogP contribution in [0.25, 0.3) is 0 Å². The summed E-state index contributed by atoms with van der Waals surface area (Å²) in [5.41, 5.74) is 0.926. The highest BCUT2D eigenvalue weighted by Crippen LogP contribution is 2.22. The molecule has 0 atom stereocenters. The third kappa shape index (κ3) is 4.66. The summed E-state index contributed by atoms with van der Waals surface area (Å²) in [4.78, 5) is 14.9. The molecule has 116 valence electrons. The van der Waals surface area contributed by atoms with Crippen LogP contribution >= 0.6 is 11.6 Å². The number of carboxylic acid groups (broad SMARTS) is 1. The van der Waals surface area contributed by atoms with E-state index in [9.17, 15) is 9.18 Å². The minimum absolute atomic E-state index is 0.0778.